The standard InChI is InChI=1S/C20H21F3N2O3/c1-2-3-4-11-28-14-7-5-13(6-8-14)20(27)24-12-17(26)25-16-10-9-15(21)18(22)19(16)23/h5-10H,2-4,11-12H2,1H3,(H,24,27)(H,25,26). The second-order valence-corrected chi connectivity index (χ2v) is 6.03. The maximum atomic E-state index is 13.5. The van der Waals surface area contributed by atoms with E-state index in [1.165, 1.54) is 0 Å². The average molecular weight is 394 g/mol. The van der Waals surface area contributed by atoms with Gasteiger partial charge in [-0.2, -0.15) is 0 Å². The van der Waals surface area contributed by atoms with Crippen LogP contribution in [-0.4, -0.2) is 25.0 Å². The summed E-state index contributed by atoms with van der Waals surface area (Å²) in [5.41, 5.74) is -0.199. The summed E-state index contributed by atoms with van der Waals surface area (Å²) in [6, 6.07) is 8.00. The predicted octanol–water partition coefficient (Wildman–Crippen LogP) is 4.04. The Morgan fingerprint density at radius 2 is 1.68 bits per heavy atom. The van der Waals surface area contributed by atoms with Crippen molar-refractivity contribution in [3.8, 4) is 5.75 Å². The summed E-state index contributed by atoms with van der Waals surface area (Å²) in [6.45, 7) is 2.23. The molecular weight excluding hydrogens is 373 g/mol. The van der Waals surface area contributed by atoms with E-state index in [0.717, 1.165) is 25.3 Å². The number of unbranched alkanes of at least 4 members (excludes halogenated alkanes) is 2. The normalized spacial score (nSPS) is 10.4. The number of rotatable bonds is 9. The molecule has 2 amide bonds. The summed E-state index contributed by atoms with van der Waals surface area (Å²) < 4.78 is 45.1. The van der Waals surface area contributed by atoms with E-state index in [1.54, 1.807) is 24.3 Å². The fraction of sp³-hybridized carbons (Fsp3) is 0.300. The number of carbonyl (C=O) groups is 2. The molecule has 0 saturated heterocycles. The Kier molecular flexibility index (Phi) is 7.86. The number of halogens is 3. The van der Waals surface area contributed by atoms with Crippen LogP contribution in [0, 0.1) is 17.5 Å². The Morgan fingerprint density at radius 1 is 0.964 bits per heavy atom. The summed E-state index contributed by atoms with van der Waals surface area (Å²) in [7, 11) is 0. The van der Waals surface area contributed by atoms with Gasteiger partial charge in [0.15, 0.2) is 17.5 Å². The lowest BCUT2D eigenvalue weighted by Gasteiger charge is -2.09. The Balaban J connectivity index is 1.83. The van der Waals surface area contributed by atoms with Crippen molar-refractivity contribution in [3.05, 3.63) is 59.4 Å². The highest BCUT2D eigenvalue weighted by Crippen LogP contribution is 2.19. The molecule has 0 atom stereocenters. The van der Waals surface area contributed by atoms with Gasteiger partial charge in [-0.15, -0.1) is 0 Å². The third-order valence-electron chi connectivity index (χ3n) is 3.85. The minimum Gasteiger partial charge on any atom is -0.494 e. The molecule has 0 aliphatic rings. The van der Waals surface area contributed by atoms with Gasteiger partial charge in [0.05, 0.1) is 18.8 Å². The van der Waals surface area contributed by atoms with Gasteiger partial charge in [0, 0.05) is 5.56 Å². The Hall–Kier alpha value is -3.03. The van der Waals surface area contributed by atoms with E-state index in [1.807, 2.05) is 0 Å². The summed E-state index contributed by atoms with van der Waals surface area (Å²) in [5, 5.41) is 4.43. The van der Waals surface area contributed by atoms with E-state index in [9.17, 15) is 22.8 Å². The molecular formula is C20H21F3N2O3. The first-order valence-electron chi connectivity index (χ1n) is 8.86. The van der Waals surface area contributed by atoms with Crippen molar-refractivity contribution in [2.45, 2.75) is 26.2 Å². The van der Waals surface area contributed by atoms with E-state index in [2.05, 4.69) is 17.6 Å². The zero-order valence-electron chi connectivity index (χ0n) is 15.4. The molecule has 0 unspecified atom stereocenters. The quantitative estimate of drug-likeness (QED) is 0.498. The number of anilines is 1. The molecule has 8 heteroatoms. The summed E-state index contributed by atoms with van der Waals surface area (Å²) in [6.07, 6.45) is 3.13. The smallest absolute Gasteiger partial charge is 0.251 e. The molecule has 2 N–H and O–H groups in total. The lowest BCUT2D eigenvalue weighted by atomic mass is 10.2. The molecule has 5 nitrogen and oxygen atoms in total. The van der Waals surface area contributed by atoms with Crippen LogP contribution in [0.5, 0.6) is 5.75 Å². The number of hydrogen-bond donors (Lipinski definition) is 2. The second-order valence-electron chi connectivity index (χ2n) is 6.03. The third-order valence-corrected chi connectivity index (χ3v) is 3.85. The first-order valence-corrected chi connectivity index (χ1v) is 8.86. The molecule has 2 aromatic rings. The number of carbonyl (C=O) groups excluding carboxylic acids is 2. The third kappa shape index (κ3) is 6.00. The van der Waals surface area contributed by atoms with Gasteiger partial charge in [0.2, 0.25) is 5.91 Å². The van der Waals surface area contributed by atoms with E-state index in [0.29, 0.717) is 24.0 Å². The molecule has 0 fully saturated rings. The second kappa shape index (κ2) is 10.3. The van der Waals surface area contributed by atoms with E-state index < -0.39 is 41.5 Å². The van der Waals surface area contributed by atoms with Crippen LogP contribution in [0.2, 0.25) is 0 Å². The first-order chi connectivity index (χ1) is 13.4. The summed E-state index contributed by atoms with van der Waals surface area (Å²) in [4.78, 5) is 23.9. The summed E-state index contributed by atoms with van der Waals surface area (Å²) in [5.74, 6) is -5.21. The Morgan fingerprint density at radius 3 is 2.36 bits per heavy atom. The molecule has 0 aliphatic carbocycles. The van der Waals surface area contributed by atoms with E-state index in [4.69, 9.17) is 4.74 Å². The molecule has 150 valence electrons. The molecule has 0 aromatic heterocycles. The van der Waals surface area contributed by atoms with E-state index >= 15 is 0 Å². The van der Waals surface area contributed by atoms with Crippen molar-refractivity contribution in [1.82, 2.24) is 5.32 Å². The van der Waals surface area contributed by atoms with Gasteiger partial charge in [-0.3, -0.25) is 9.59 Å². The van der Waals surface area contributed by atoms with Crippen LogP contribution in [0.3, 0.4) is 0 Å². The van der Waals surface area contributed by atoms with Crippen LogP contribution >= 0.6 is 0 Å². The maximum absolute atomic E-state index is 13.5. The Labute approximate surface area is 160 Å². The van der Waals surface area contributed by atoms with Gasteiger partial charge in [-0.25, -0.2) is 13.2 Å². The molecule has 2 aromatic carbocycles. The van der Waals surface area contributed by atoms with Crippen LogP contribution in [-0.2, 0) is 4.79 Å². The van der Waals surface area contributed by atoms with Crippen LogP contribution in [0.25, 0.3) is 0 Å². The molecule has 0 radical (unpaired) electrons. The fourth-order valence-corrected chi connectivity index (χ4v) is 2.32. The highest BCUT2D eigenvalue weighted by atomic mass is 19.2. The van der Waals surface area contributed by atoms with Crippen LogP contribution < -0.4 is 15.4 Å². The van der Waals surface area contributed by atoms with Gasteiger partial charge >= 0.3 is 0 Å². The van der Waals surface area contributed by atoms with Crippen molar-refractivity contribution in [1.29, 1.82) is 0 Å². The first kappa shape index (κ1) is 21.3. The highest BCUT2D eigenvalue weighted by molar-refractivity contribution is 5.99. The van der Waals surface area contributed by atoms with Gasteiger partial charge in [0.25, 0.3) is 5.91 Å². The van der Waals surface area contributed by atoms with E-state index in [-0.39, 0.29) is 0 Å². The predicted molar refractivity (Wildman–Crippen MR) is 98.7 cm³/mol. The minimum absolute atomic E-state index is 0.313. The molecule has 0 aliphatic heterocycles. The van der Waals surface area contributed by atoms with Crippen LogP contribution in [0.1, 0.15) is 36.5 Å². The zero-order valence-corrected chi connectivity index (χ0v) is 15.4. The van der Waals surface area contributed by atoms with Crippen molar-refractivity contribution in [2.75, 3.05) is 18.5 Å². The number of amides is 2. The number of benzene rings is 2. The Bertz CT molecular complexity index is 826. The van der Waals surface area contributed by atoms with Crippen molar-refractivity contribution >= 4 is 17.5 Å². The topological polar surface area (TPSA) is 67.4 Å². The van der Waals surface area contributed by atoms with Gasteiger partial charge < -0.3 is 15.4 Å². The number of nitrogens with one attached hydrogen (secondary N) is 2. The van der Waals surface area contributed by atoms with Gasteiger partial charge in [0.1, 0.15) is 5.75 Å². The zero-order chi connectivity index (χ0) is 20.5. The van der Waals surface area contributed by atoms with Crippen LogP contribution in [0.15, 0.2) is 36.4 Å². The van der Waals surface area contributed by atoms with Crippen molar-refractivity contribution in [2.24, 2.45) is 0 Å². The molecule has 0 heterocycles. The van der Waals surface area contributed by atoms with Gasteiger partial charge in [-0.1, -0.05) is 19.8 Å². The molecule has 0 saturated carbocycles. The monoisotopic (exact) mass is 394 g/mol. The lowest BCUT2D eigenvalue weighted by Crippen LogP contribution is -2.33. The van der Waals surface area contributed by atoms with Gasteiger partial charge in [-0.05, 0) is 42.8 Å². The summed E-state index contributed by atoms with van der Waals surface area (Å²) >= 11 is 0. The SMILES string of the molecule is CCCCCOc1ccc(C(=O)NCC(=O)Nc2ccc(F)c(F)c2F)cc1. The minimum atomic E-state index is -1.68. The molecule has 0 bridgehead atoms. The average Bonchev–Trinajstić information content (AvgIpc) is 2.70. The molecule has 0 spiro atoms. The van der Waals surface area contributed by atoms with Crippen LogP contribution in [0.4, 0.5) is 18.9 Å². The molecule has 28 heavy (non-hydrogen) atoms. The number of ether oxygens (including phenoxy) is 1. The fourth-order valence-electron chi connectivity index (χ4n) is 2.32. The molecule has 2 rings (SSSR count). The highest BCUT2D eigenvalue weighted by Gasteiger charge is 2.15. The maximum Gasteiger partial charge on any atom is 0.251 e. The largest absolute Gasteiger partial charge is 0.494 e. The van der Waals surface area contributed by atoms with Crippen molar-refractivity contribution in [3.63, 3.8) is 0 Å². The lowest BCUT2D eigenvalue weighted by molar-refractivity contribution is -0.115. The number of hydrogen-bond acceptors (Lipinski definition) is 3. The van der Waals surface area contributed by atoms with Crippen molar-refractivity contribution < 1.29 is 27.5 Å².